The lowest BCUT2D eigenvalue weighted by atomic mass is 9.82. The molecule has 0 spiro atoms. The van der Waals surface area contributed by atoms with Crippen LogP contribution in [-0.2, 0) is 19.6 Å². The van der Waals surface area contributed by atoms with Crippen molar-refractivity contribution in [1.29, 1.82) is 0 Å². The lowest BCUT2D eigenvalue weighted by Crippen LogP contribution is -2.59. The SMILES string of the molecule is CCCC(=O)N1CCC[C@H](NS(C)(=O)=O)[C@@H]1COC1CCC(c2cccc(OC(F)(F)F)c2)CC1. The van der Waals surface area contributed by atoms with Crippen molar-refractivity contribution in [1.82, 2.24) is 9.62 Å². The normalized spacial score (nSPS) is 25.9. The molecule has 1 saturated carbocycles. The Hall–Kier alpha value is -1.85. The molecule has 0 aromatic heterocycles. The zero-order chi connectivity index (χ0) is 25.6. The van der Waals surface area contributed by atoms with Gasteiger partial charge in [-0.2, -0.15) is 0 Å². The fraction of sp³-hybridized carbons (Fsp3) is 0.708. The number of carbonyl (C=O) groups excluding carboxylic acids is 1. The van der Waals surface area contributed by atoms with E-state index in [0.717, 1.165) is 43.9 Å². The Kier molecular flexibility index (Phi) is 9.45. The molecule has 1 aliphatic carbocycles. The quantitative estimate of drug-likeness (QED) is 0.524. The number of ether oxygens (including phenoxy) is 2. The van der Waals surface area contributed by atoms with Crippen LogP contribution in [0.25, 0.3) is 0 Å². The van der Waals surface area contributed by atoms with Crippen LogP contribution in [0.4, 0.5) is 13.2 Å². The molecule has 1 aliphatic heterocycles. The molecule has 1 aromatic rings. The van der Waals surface area contributed by atoms with Gasteiger partial charge in [-0.25, -0.2) is 13.1 Å². The number of rotatable bonds is 9. The van der Waals surface area contributed by atoms with E-state index in [9.17, 15) is 26.4 Å². The van der Waals surface area contributed by atoms with Gasteiger partial charge in [-0.3, -0.25) is 4.79 Å². The van der Waals surface area contributed by atoms with Gasteiger partial charge in [0.1, 0.15) is 5.75 Å². The number of nitrogens with zero attached hydrogens (tertiary/aromatic N) is 1. The highest BCUT2D eigenvalue weighted by Gasteiger charge is 2.37. The predicted octanol–water partition coefficient (Wildman–Crippen LogP) is 4.34. The number of sulfonamides is 1. The molecule has 2 fully saturated rings. The molecule has 1 heterocycles. The summed E-state index contributed by atoms with van der Waals surface area (Å²) in [4.78, 5) is 14.5. The maximum absolute atomic E-state index is 12.7. The minimum Gasteiger partial charge on any atom is -0.406 e. The number of likely N-dealkylation sites (tertiary alicyclic amines) is 1. The summed E-state index contributed by atoms with van der Waals surface area (Å²) >= 11 is 0. The van der Waals surface area contributed by atoms with Gasteiger partial charge in [0.2, 0.25) is 15.9 Å². The first kappa shape index (κ1) is 27.7. The topological polar surface area (TPSA) is 84.9 Å². The summed E-state index contributed by atoms with van der Waals surface area (Å²) in [6, 6.07) is 5.36. The summed E-state index contributed by atoms with van der Waals surface area (Å²) in [7, 11) is -3.44. The average molecular weight is 521 g/mol. The highest BCUT2D eigenvalue weighted by molar-refractivity contribution is 7.88. The summed E-state index contributed by atoms with van der Waals surface area (Å²) in [5.41, 5.74) is 0.811. The largest absolute Gasteiger partial charge is 0.573 e. The Balaban J connectivity index is 1.59. The zero-order valence-electron chi connectivity index (χ0n) is 20.2. The Morgan fingerprint density at radius 1 is 1.17 bits per heavy atom. The van der Waals surface area contributed by atoms with Crippen LogP contribution < -0.4 is 9.46 Å². The number of carbonyl (C=O) groups is 1. The molecule has 2 aliphatic rings. The number of benzene rings is 1. The van der Waals surface area contributed by atoms with E-state index in [2.05, 4.69) is 9.46 Å². The van der Waals surface area contributed by atoms with Gasteiger partial charge in [-0.05, 0) is 68.6 Å². The molecular weight excluding hydrogens is 485 g/mol. The summed E-state index contributed by atoms with van der Waals surface area (Å²) in [6.07, 6.45) is 1.81. The third-order valence-corrected chi connectivity index (χ3v) is 7.40. The Bertz CT molecular complexity index is 949. The molecule has 2 atom stereocenters. The van der Waals surface area contributed by atoms with Gasteiger partial charge in [0.15, 0.2) is 0 Å². The minimum absolute atomic E-state index is 0.00534. The fourth-order valence-corrected chi connectivity index (χ4v) is 5.93. The lowest BCUT2D eigenvalue weighted by Gasteiger charge is -2.42. The number of hydrogen-bond donors (Lipinski definition) is 1. The standard InChI is InChI=1S/C24H35F3N2O5S/c1-3-6-23(30)29-14-5-9-21(28-35(2,31)32)22(29)16-33-19-12-10-17(11-13-19)18-7-4-8-20(15-18)34-24(25,26)27/h4,7-8,15,17,19,21-22,28H,3,5-6,9-14,16H2,1-2H3/t17?,19?,21-,22-/m0/s1. The molecule has 1 N–H and O–H groups in total. The first-order valence-corrected chi connectivity index (χ1v) is 14.1. The van der Waals surface area contributed by atoms with Crippen molar-refractivity contribution in [3.8, 4) is 5.75 Å². The van der Waals surface area contributed by atoms with Crippen LogP contribution in [0.15, 0.2) is 24.3 Å². The van der Waals surface area contributed by atoms with Crippen LogP contribution in [0, 0.1) is 0 Å². The number of nitrogens with one attached hydrogen (secondary N) is 1. The maximum atomic E-state index is 12.7. The van der Waals surface area contributed by atoms with Crippen molar-refractivity contribution in [2.24, 2.45) is 0 Å². The maximum Gasteiger partial charge on any atom is 0.573 e. The smallest absolute Gasteiger partial charge is 0.406 e. The van der Waals surface area contributed by atoms with Crippen molar-refractivity contribution in [3.05, 3.63) is 29.8 Å². The molecule has 7 nitrogen and oxygen atoms in total. The molecule has 198 valence electrons. The van der Waals surface area contributed by atoms with E-state index in [1.807, 2.05) is 13.0 Å². The molecule has 1 aromatic carbocycles. The van der Waals surface area contributed by atoms with Crippen molar-refractivity contribution in [2.75, 3.05) is 19.4 Å². The third-order valence-electron chi connectivity index (χ3n) is 6.67. The van der Waals surface area contributed by atoms with Crippen LogP contribution in [0.5, 0.6) is 5.75 Å². The van der Waals surface area contributed by atoms with E-state index >= 15 is 0 Å². The molecular formula is C24H35F3N2O5S. The van der Waals surface area contributed by atoms with Crippen molar-refractivity contribution in [2.45, 2.75) is 88.8 Å². The summed E-state index contributed by atoms with van der Waals surface area (Å²) in [5.74, 6) is -0.0960. The van der Waals surface area contributed by atoms with Gasteiger partial charge in [-0.1, -0.05) is 19.1 Å². The molecule has 35 heavy (non-hydrogen) atoms. The van der Waals surface area contributed by atoms with Crippen molar-refractivity contribution < 1.29 is 35.9 Å². The first-order chi connectivity index (χ1) is 16.4. The number of piperidine rings is 1. The second-order valence-corrected chi connectivity index (χ2v) is 11.3. The van der Waals surface area contributed by atoms with E-state index in [0.29, 0.717) is 25.8 Å². The van der Waals surface area contributed by atoms with Gasteiger partial charge >= 0.3 is 6.36 Å². The molecule has 0 unspecified atom stereocenters. The Labute approximate surface area is 205 Å². The highest BCUT2D eigenvalue weighted by Crippen LogP contribution is 2.36. The zero-order valence-corrected chi connectivity index (χ0v) is 21.0. The number of alkyl halides is 3. The Morgan fingerprint density at radius 3 is 2.51 bits per heavy atom. The van der Waals surface area contributed by atoms with Crippen LogP contribution in [0.3, 0.4) is 0 Å². The fourth-order valence-electron chi connectivity index (χ4n) is 5.11. The summed E-state index contributed by atoms with van der Waals surface area (Å²) < 4.78 is 74.3. The second kappa shape index (κ2) is 11.9. The first-order valence-electron chi connectivity index (χ1n) is 12.2. The van der Waals surface area contributed by atoms with Gasteiger partial charge in [-0.15, -0.1) is 13.2 Å². The van der Waals surface area contributed by atoms with E-state index in [-0.39, 0.29) is 36.3 Å². The van der Waals surface area contributed by atoms with E-state index in [4.69, 9.17) is 4.74 Å². The van der Waals surface area contributed by atoms with E-state index in [1.165, 1.54) is 12.1 Å². The van der Waals surface area contributed by atoms with Gasteiger partial charge in [0, 0.05) is 19.0 Å². The monoisotopic (exact) mass is 520 g/mol. The molecule has 1 amide bonds. The van der Waals surface area contributed by atoms with Crippen LogP contribution in [0.1, 0.15) is 69.8 Å². The lowest BCUT2D eigenvalue weighted by molar-refractivity contribution is -0.274. The predicted molar refractivity (Wildman–Crippen MR) is 125 cm³/mol. The average Bonchev–Trinajstić information content (AvgIpc) is 2.76. The Morgan fingerprint density at radius 2 is 1.89 bits per heavy atom. The van der Waals surface area contributed by atoms with E-state index < -0.39 is 22.4 Å². The molecule has 3 rings (SSSR count). The van der Waals surface area contributed by atoms with Gasteiger partial charge in [0.25, 0.3) is 0 Å². The van der Waals surface area contributed by atoms with Crippen LogP contribution in [-0.4, -0.2) is 63.2 Å². The number of hydrogen-bond acceptors (Lipinski definition) is 5. The second-order valence-electron chi connectivity index (χ2n) is 9.47. The minimum atomic E-state index is -4.72. The highest BCUT2D eigenvalue weighted by atomic mass is 32.2. The number of amides is 1. The van der Waals surface area contributed by atoms with Crippen molar-refractivity contribution >= 4 is 15.9 Å². The molecule has 11 heteroatoms. The van der Waals surface area contributed by atoms with Gasteiger partial charge < -0.3 is 14.4 Å². The van der Waals surface area contributed by atoms with Crippen LogP contribution in [0.2, 0.25) is 0 Å². The van der Waals surface area contributed by atoms with Crippen LogP contribution >= 0.6 is 0 Å². The number of halogens is 3. The molecule has 0 bridgehead atoms. The molecule has 1 saturated heterocycles. The summed E-state index contributed by atoms with van der Waals surface area (Å²) in [5, 5.41) is 0. The molecule has 0 radical (unpaired) electrons. The summed E-state index contributed by atoms with van der Waals surface area (Å²) in [6.45, 7) is 2.76. The van der Waals surface area contributed by atoms with E-state index in [1.54, 1.807) is 11.0 Å². The van der Waals surface area contributed by atoms with Gasteiger partial charge in [0.05, 0.1) is 25.0 Å². The van der Waals surface area contributed by atoms with Crippen molar-refractivity contribution in [3.63, 3.8) is 0 Å². The third kappa shape index (κ3) is 8.64.